The van der Waals surface area contributed by atoms with Gasteiger partial charge in [-0.3, -0.25) is 4.79 Å². The van der Waals surface area contributed by atoms with Crippen molar-refractivity contribution >= 4 is 5.97 Å². The Morgan fingerprint density at radius 1 is 1.11 bits per heavy atom. The maximum atomic E-state index is 12.0. The molecule has 5 nitrogen and oxygen atoms in total. The van der Waals surface area contributed by atoms with E-state index in [2.05, 4.69) is 6.92 Å². The standard InChI is InChI=1S/C23H38O5/c1-14(25)18-8-11-23(27)20-5-4-16-12-17(28-15(2)26)6-10-22(16,13-24)19(20)7-9-21(18,23)3/h14,16-20,24-25,27H,4-13H2,1-3H3/t14-,16-,17-,18+,19-,20+,21+,22+,23?/m0/s1. The summed E-state index contributed by atoms with van der Waals surface area (Å²) in [6.07, 6.45) is 7.66. The van der Waals surface area contributed by atoms with Crippen molar-refractivity contribution in [3.63, 3.8) is 0 Å². The van der Waals surface area contributed by atoms with Crippen molar-refractivity contribution in [1.29, 1.82) is 0 Å². The van der Waals surface area contributed by atoms with Gasteiger partial charge in [-0.05, 0) is 93.8 Å². The van der Waals surface area contributed by atoms with E-state index in [4.69, 9.17) is 4.74 Å². The zero-order valence-electron chi connectivity index (χ0n) is 17.7. The number of aliphatic hydroxyl groups is 3. The van der Waals surface area contributed by atoms with E-state index in [1.165, 1.54) is 6.92 Å². The first-order valence-corrected chi connectivity index (χ1v) is 11.4. The molecule has 0 amide bonds. The highest BCUT2D eigenvalue weighted by atomic mass is 16.5. The summed E-state index contributed by atoms with van der Waals surface area (Å²) >= 11 is 0. The lowest BCUT2D eigenvalue weighted by molar-refractivity contribution is -0.226. The second-order valence-corrected chi connectivity index (χ2v) is 10.7. The molecule has 0 bridgehead atoms. The fraction of sp³-hybridized carbons (Fsp3) is 0.957. The zero-order chi connectivity index (χ0) is 20.3. The minimum absolute atomic E-state index is 0.0261. The van der Waals surface area contributed by atoms with Crippen LogP contribution in [0.3, 0.4) is 0 Å². The molecule has 4 rings (SSSR count). The van der Waals surface area contributed by atoms with Crippen LogP contribution in [-0.4, -0.2) is 45.7 Å². The predicted molar refractivity (Wildman–Crippen MR) is 105 cm³/mol. The minimum atomic E-state index is -0.739. The summed E-state index contributed by atoms with van der Waals surface area (Å²) in [4.78, 5) is 11.4. The Morgan fingerprint density at radius 3 is 2.50 bits per heavy atom. The molecular formula is C23H38O5. The topological polar surface area (TPSA) is 87.0 Å². The third kappa shape index (κ3) is 2.72. The number of carbonyl (C=O) groups excluding carboxylic acids is 1. The van der Waals surface area contributed by atoms with Gasteiger partial charge in [-0.2, -0.15) is 0 Å². The van der Waals surface area contributed by atoms with Gasteiger partial charge in [0.25, 0.3) is 0 Å². The van der Waals surface area contributed by atoms with Gasteiger partial charge < -0.3 is 20.1 Å². The minimum Gasteiger partial charge on any atom is -0.463 e. The largest absolute Gasteiger partial charge is 0.463 e. The number of fused-ring (bicyclic) bond motifs is 5. The third-order valence-corrected chi connectivity index (χ3v) is 9.78. The number of esters is 1. The molecule has 4 aliphatic rings. The second kappa shape index (κ2) is 6.95. The van der Waals surface area contributed by atoms with Crippen LogP contribution in [0.5, 0.6) is 0 Å². The number of carbonyl (C=O) groups is 1. The van der Waals surface area contributed by atoms with Gasteiger partial charge in [0.1, 0.15) is 6.10 Å². The Morgan fingerprint density at radius 2 is 1.86 bits per heavy atom. The molecule has 1 unspecified atom stereocenters. The molecule has 5 heteroatoms. The molecule has 4 aliphatic carbocycles. The van der Waals surface area contributed by atoms with Crippen molar-refractivity contribution in [2.45, 2.75) is 96.4 Å². The molecule has 9 atom stereocenters. The van der Waals surface area contributed by atoms with E-state index in [1.54, 1.807) is 0 Å². The molecule has 0 spiro atoms. The van der Waals surface area contributed by atoms with Crippen LogP contribution in [0.2, 0.25) is 0 Å². The summed E-state index contributed by atoms with van der Waals surface area (Å²) in [5, 5.41) is 32.9. The SMILES string of the molecule is CC(=O)O[C@H]1CC[C@@]2(CO)[C@@H](CC[C@@H]3[C@@H]2CC[C@]2(C)[C@@H]([C@H](C)O)CCC32O)C1. The Kier molecular flexibility index (Phi) is 5.12. The highest BCUT2D eigenvalue weighted by Gasteiger charge is 2.68. The van der Waals surface area contributed by atoms with Crippen LogP contribution >= 0.6 is 0 Å². The van der Waals surface area contributed by atoms with Crippen LogP contribution in [-0.2, 0) is 9.53 Å². The first-order chi connectivity index (χ1) is 13.2. The summed E-state index contributed by atoms with van der Waals surface area (Å²) in [6, 6.07) is 0. The van der Waals surface area contributed by atoms with Crippen molar-refractivity contribution in [3.8, 4) is 0 Å². The van der Waals surface area contributed by atoms with Gasteiger partial charge in [0, 0.05) is 18.9 Å². The lowest BCUT2D eigenvalue weighted by atomic mass is 9.43. The average molecular weight is 395 g/mol. The summed E-state index contributed by atoms with van der Waals surface area (Å²) in [7, 11) is 0. The van der Waals surface area contributed by atoms with Crippen LogP contribution in [0.1, 0.15) is 78.6 Å². The molecule has 0 aromatic heterocycles. The maximum Gasteiger partial charge on any atom is 0.302 e. The predicted octanol–water partition coefficient (Wildman–Crippen LogP) is 3.05. The van der Waals surface area contributed by atoms with Crippen molar-refractivity contribution in [1.82, 2.24) is 0 Å². The quantitative estimate of drug-likeness (QED) is 0.641. The van der Waals surface area contributed by atoms with Gasteiger partial charge in [0.05, 0.1) is 11.7 Å². The Hall–Kier alpha value is -0.650. The molecule has 28 heavy (non-hydrogen) atoms. The molecule has 0 aromatic carbocycles. The van der Waals surface area contributed by atoms with Crippen molar-refractivity contribution in [3.05, 3.63) is 0 Å². The summed E-state index contributed by atoms with van der Waals surface area (Å²) < 4.78 is 5.51. The summed E-state index contributed by atoms with van der Waals surface area (Å²) in [6.45, 7) is 5.71. The normalized spacial score (nSPS) is 51.6. The molecule has 0 saturated heterocycles. The molecule has 3 N–H and O–H groups in total. The van der Waals surface area contributed by atoms with Gasteiger partial charge in [-0.25, -0.2) is 0 Å². The van der Waals surface area contributed by atoms with Crippen LogP contribution in [0, 0.1) is 34.5 Å². The van der Waals surface area contributed by atoms with Crippen LogP contribution in [0.4, 0.5) is 0 Å². The molecule has 4 fully saturated rings. The van der Waals surface area contributed by atoms with Gasteiger partial charge in [0.2, 0.25) is 0 Å². The number of ether oxygens (including phenoxy) is 1. The molecule has 0 aromatic rings. The summed E-state index contributed by atoms with van der Waals surface area (Å²) in [5.74, 6) is 0.816. The van der Waals surface area contributed by atoms with E-state index in [-0.39, 0.29) is 41.3 Å². The zero-order valence-corrected chi connectivity index (χ0v) is 17.7. The molecule has 4 saturated carbocycles. The third-order valence-electron chi connectivity index (χ3n) is 9.78. The monoisotopic (exact) mass is 394 g/mol. The lowest BCUT2D eigenvalue weighted by Crippen LogP contribution is -2.64. The van der Waals surface area contributed by atoms with Crippen molar-refractivity contribution < 1.29 is 24.9 Å². The van der Waals surface area contributed by atoms with Crippen molar-refractivity contribution in [2.24, 2.45) is 34.5 Å². The molecular weight excluding hydrogens is 356 g/mol. The van der Waals surface area contributed by atoms with E-state index in [1.807, 2.05) is 6.92 Å². The number of hydrogen-bond donors (Lipinski definition) is 3. The second-order valence-electron chi connectivity index (χ2n) is 10.7. The lowest BCUT2D eigenvalue weighted by Gasteiger charge is -2.64. The van der Waals surface area contributed by atoms with E-state index in [0.717, 1.165) is 57.8 Å². The Balaban J connectivity index is 1.61. The van der Waals surface area contributed by atoms with Crippen LogP contribution in [0.15, 0.2) is 0 Å². The molecule has 0 aliphatic heterocycles. The van der Waals surface area contributed by atoms with E-state index in [0.29, 0.717) is 11.8 Å². The first kappa shape index (κ1) is 20.6. The molecule has 0 heterocycles. The number of rotatable bonds is 3. The smallest absolute Gasteiger partial charge is 0.302 e. The maximum absolute atomic E-state index is 12.0. The summed E-state index contributed by atoms with van der Waals surface area (Å²) in [5.41, 5.74) is -1.13. The highest BCUT2D eigenvalue weighted by molar-refractivity contribution is 5.66. The number of hydrogen-bond acceptors (Lipinski definition) is 5. The fourth-order valence-electron chi connectivity index (χ4n) is 8.45. The Labute approximate surface area is 168 Å². The highest BCUT2D eigenvalue weighted by Crippen LogP contribution is 2.69. The first-order valence-electron chi connectivity index (χ1n) is 11.4. The molecule has 0 radical (unpaired) electrons. The van der Waals surface area contributed by atoms with Crippen LogP contribution < -0.4 is 0 Å². The Bertz CT molecular complexity index is 620. The van der Waals surface area contributed by atoms with Gasteiger partial charge in [-0.15, -0.1) is 0 Å². The van der Waals surface area contributed by atoms with Crippen molar-refractivity contribution in [2.75, 3.05) is 6.61 Å². The van der Waals surface area contributed by atoms with E-state index < -0.39 is 11.7 Å². The number of aliphatic hydroxyl groups excluding tert-OH is 2. The average Bonchev–Trinajstić information content (AvgIpc) is 2.92. The van der Waals surface area contributed by atoms with E-state index in [9.17, 15) is 20.1 Å². The molecule has 160 valence electrons. The van der Waals surface area contributed by atoms with E-state index >= 15 is 0 Å². The fourth-order valence-corrected chi connectivity index (χ4v) is 8.45. The van der Waals surface area contributed by atoms with Gasteiger partial charge >= 0.3 is 5.97 Å². The van der Waals surface area contributed by atoms with Gasteiger partial charge in [0.15, 0.2) is 0 Å². The van der Waals surface area contributed by atoms with Crippen LogP contribution in [0.25, 0.3) is 0 Å². The van der Waals surface area contributed by atoms with Gasteiger partial charge in [-0.1, -0.05) is 6.92 Å².